The van der Waals surface area contributed by atoms with Crippen LogP contribution in [0.15, 0.2) is 36.4 Å². The van der Waals surface area contributed by atoms with E-state index in [0.29, 0.717) is 27.2 Å². The molecule has 0 radical (unpaired) electrons. The molecule has 0 unspecified atom stereocenters. The molecule has 2 aromatic carbocycles. The minimum absolute atomic E-state index is 0.262. The average molecular weight is 368 g/mol. The molecule has 3 rings (SSSR count). The third-order valence-corrected chi connectivity index (χ3v) is 4.34. The zero-order valence-electron chi connectivity index (χ0n) is 13.0. The zero-order valence-corrected chi connectivity index (χ0v) is 13.8. The number of aromatic nitrogens is 1. The van der Waals surface area contributed by atoms with Crippen LogP contribution in [0.5, 0.6) is 0 Å². The molecule has 0 spiro atoms. The van der Waals surface area contributed by atoms with Crippen LogP contribution in [-0.2, 0) is 17.4 Å². The summed E-state index contributed by atoms with van der Waals surface area (Å²) in [6.07, 6.45) is -4.84. The Labute approximate surface area is 146 Å². The molecule has 0 aliphatic heterocycles. The Balaban J connectivity index is 2.31. The summed E-state index contributed by atoms with van der Waals surface area (Å²) in [6.45, 7) is 1.82. The number of benzene rings is 2. The highest BCUT2D eigenvalue weighted by molar-refractivity contribution is 6.36. The Morgan fingerprint density at radius 3 is 2.60 bits per heavy atom. The van der Waals surface area contributed by atoms with Gasteiger partial charge in [-0.05, 0) is 41.8 Å². The van der Waals surface area contributed by atoms with Gasteiger partial charge < -0.3 is 10.1 Å². The third-order valence-electron chi connectivity index (χ3n) is 4.02. The highest BCUT2D eigenvalue weighted by Gasteiger charge is 2.31. The first-order valence-corrected chi connectivity index (χ1v) is 7.75. The van der Waals surface area contributed by atoms with Crippen molar-refractivity contribution < 1.29 is 23.1 Å². The lowest BCUT2D eigenvalue weighted by atomic mass is 10.0. The molecule has 130 valence electrons. The molecular weight excluding hydrogens is 355 g/mol. The van der Waals surface area contributed by atoms with Crippen LogP contribution in [0.4, 0.5) is 13.2 Å². The molecule has 3 nitrogen and oxygen atoms in total. The van der Waals surface area contributed by atoms with Gasteiger partial charge >= 0.3 is 12.1 Å². The molecule has 0 atom stereocenters. The molecule has 0 amide bonds. The number of nitrogens with one attached hydrogen (secondary N) is 1. The monoisotopic (exact) mass is 367 g/mol. The highest BCUT2D eigenvalue weighted by atomic mass is 35.5. The Bertz CT molecular complexity index is 976. The standard InChI is InChI=1S/C18H13ClF3NO2/c1-9-5-6-13(19)15-12(8-14(24)25)17(23-16(9)15)10-3-2-4-11(7-10)18(20,21)22/h2-7,23H,8H2,1H3,(H,24,25). The maximum atomic E-state index is 13.0. The summed E-state index contributed by atoms with van der Waals surface area (Å²) in [6, 6.07) is 8.19. The summed E-state index contributed by atoms with van der Waals surface area (Å²) in [5, 5.41) is 10.1. The summed E-state index contributed by atoms with van der Waals surface area (Å²) in [4.78, 5) is 14.3. The van der Waals surface area contributed by atoms with Crippen LogP contribution in [0.2, 0.25) is 5.02 Å². The third kappa shape index (κ3) is 3.22. The maximum absolute atomic E-state index is 13.0. The van der Waals surface area contributed by atoms with Gasteiger partial charge in [-0.1, -0.05) is 29.8 Å². The summed E-state index contributed by atoms with van der Waals surface area (Å²) >= 11 is 6.23. The van der Waals surface area contributed by atoms with Crippen molar-refractivity contribution >= 4 is 28.5 Å². The summed E-state index contributed by atoms with van der Waals surface area (Å²) in [5.74, 6) is -1.09. The number of hydrogen-bond acceptors (Lipinski definition) is 1. The number of hydrogen-bond donors (Lipinski definition) is 2. The van der Waals surface area contributed by atoms with E-state index in [1.54, 1.807) is 12.1 Å². The SMILES string of the molecule is Cc1ccc(Cl)c2c(CC(=O)O)c(-c3cccc(C(F)(F)F)c3)[nH]c12. The van der Waals surface area contributed by atoms with Crippen molar-refractivity contribution in [2.75, 3.05) is 0 Å². The Morgan fingerprint density at radius 2 is 1.96 bits per heavy atom. The first kappa shape index (κ1) is 17.4. The van der Waals surface area contributed by atoms with Crippen LogP contribution < -0.4 is 0 Å². The maximum Gasteiger partial charge on any atom is 0.416 e. The number of carboxylic acids is 1. The number of fused-ring (bicyclic) bond motifs is 1. The Kier molecular flexibility index (Phi) is 4.24. The fourth-order valence-corrected chi connectivity index (χ4v) is 3.16. The molecule has 0 bridgehead atoms. The summed E-state index contributed by atoms with van der Waals surface area (Å²) in [5.41, 5.74) is 1.61. The van der Waals surface area contributed by atoms with E-state index in [4.69, 9.17) is 11.6 Å². The van der Waals surface area contributed by atoms with Gasteiger partial charge in [-0.2, -0.15) is 13.2 Å². The summed E-state index contributed by atoms with van der Waals surface area (Å²) < 4.78 is 39.0. The van der Waals surface area contributed by atoms with Crippen LogP contribution in [0.3, 0.4) is 0 Å². The average Bonchev–Trinajstić information content (AvgIpc) is 2.90. The number of halogens is 4. The van der Waals surface area contributed by atoms with Gasteiger partial charge in [0.15, 0.2) is 0 Å². The lowest BCUT2D eigenvalue weighted by Crippen LogP contribution is -2.05. The van der Waals surface area contributed by atoms with Gasteiger partial charge in [-0.15, -0.1) is 0 Å². The number of carboxylic acid groups (broad SMARTS) is 1. The van der Waals surface area contributed by atoms with Crippen molar-refractivity contribution in [3.63, 3.8) is 0 Å². The molecule has 1 heterocycles. The van der Waals surface area contributed by atoms with E-state index in [-0.39, 0.29) is 12.0 Å². The second kappa shape index (κ2) is 6.11. The van der Waals surface area contributed by atoms with Crippen molar-refractivity contribution in [3.8, 4) is 11.3 Å². The predicted molar refractivity (Wildman–Crippen MR) is 89.8 cm³/mol. The number of carbonyl (C=O) groups is 1. The van der Waals surface area contributed by atoms with Crippen LogP contribution in [0.25, 0.3) is 22.2 Å². The normalized spacial score (nSPS) is 11.9. The van der Waals surface area contributed by atoms with Gasteiger partial charge in [0, 0.05) is 5.39 Å². The first-order chi connectivity index (χ1) is 11.7. The van der Waals surface area contributed by atoms with E-state index in [1.165, 1.54) is 12.1 Å². The minimum atomic E-state index is -4.48. The molecule has 1 aromatic heterocycles. The molecule has 0 aliphatic rings. The van der Waals surface area contributed by atoms with Crippen LogP contribution >= 0.6 is 11.6 Å². The van der Waals surface area contributed by atoms with Gasteiger partial charge in [0.05, 0.1) is 28.2 Å². The smallest absolute Gasteiger partial charge is 0.416 e. The van der Waals surface area contributed by atoms with Crippen LogP contribution in [0, 0.1) is 6.92 Å². The van der Waals surface area contributed by atoms with Crippen molar-refractivity contribution in [2.24, 2.45) is 0 Å². The number of alkyl halides is 3. The van der Waals surface area contributed by atoms with Crippen LogP contribution in [-0.4, -0.2) is 16.1 Å². The van der Waals surface area contributed by atoms with Crippen molar-refractivity contribution in [1.82, 2.24) is 4.98 Å². The second-order valence-corrected chi connectivity index (χ2v) is 6.15. The van der Waals surface area contributed by atoms with E-state index in [9.17, 15) is 23.1 Å². The van der Waals surface area contributed by atoms with Crippen molar-refractivity contribution in [2.45, 2.75) is 19.5 Å². The molecule has 0 saturated carbocycles. The van der Waals surface area contributed by atoms with Gasteiger partial charge in [-0.3, -0.25) is 4.79 Å². The molecule has 0 fully saturated rings. The topological polar surface area (TPSA) is 53.1 Å². The molecule has 25 heavy (non-hydrogen) atoms. The fourth-order valence-electron chi connectivity index (χ4n) is 2.89. The lowest BCUT2D eigenvalue weighted by Gasteiger charge is -2.09. The van der Waals surface area contributed by atoms with Gasteiger partial charge in [-0.25, -0.2) is 0 Å². The molecule has 0 aliphatic carbocycles. The minimum Gasteiger partial charge on any atom is -0.481 e. The quantitative estimate of drug-likeness (QED) is 0.647. The molecular formula is C18H13ClF3NO2. The van der Waals surface area contributed by atoms with E-state index >= 15 is 0 Å². The van der Waals surface area contributed by atoms with E-state index in [0.717, 1.165) is 17.7 Å². The molecule has 0 saturated heterocycles. The number of rotatable bonds is 3. The van der Waals surface area contributed by atoms with Gasteiger partial charge in [0.1, 0.15) is 0 Å². The highest BCUT2D eigenvalue weighted by Crippen LogP contribution is 2.38. The van der Waals surface area contributed by atoms with E-state index < -0.39 is 17.7 Å². The van der Waals surface area contributed by atoms with Crippen LogP contribution in [0.1, 0.15) is 16.7 Å². The number of aromatic amines is 1. The number of aliphatic carboxylic acids is 1. The fraction of sp³-hybridized carbons (Fsp3) is 0.167. The van der Waals surface area contributed by atoms with Gasteiger partial charge in [0.2, 0.25) is 0 Å². The summed E-state index contributed by atoms with van der Waals surface area (Å²) in [7, 11) is 0. The Hall–Kier alpha value is -2.47. The predicted octanol–water partition coefficient (Wildman–Crippen LogP) is 5.44. The van der Waals surface area contributed by atoms with Gasteiger partial charge in [0.25, 0.3) is 0 Å². The lowest BCUT2D eigenvalue weighted by molar-refractivity contribution is -0.138. The van der Waals surface area contributed by atoms with E-state index in [2.05, 4.69) is 4.98 Å². The molecule has 3 aromatic rings. The zero-order chi connectivity index (χ0) is 18.4. The van der Waals surface area contributed by atoms with E-state index in [1.807, 2.05) is 6.92 Å². The largest absolute Gasteiger partial charge is 0.481 e. The first-order valence-electron chi connectivity index (χ1n) is 7.37. The van der Waals surface area contributed by atoms with Crippen molar-refractivity contribution in [1.29, 1.82) is 0 Å². The molecule has 2 N–H and O–H groups in total. The Morgan fingerprint density at radius 1 is 1.24 bits per heavy atom. The van der Waals surface area contributed by atoms with Crippen molar-refractivity contribution in [3.05, 3.63) is 58.1 Å². The second-order valence-electron chi connectivity index (χ2n) is 5.74. The molecule has 7 heteroatoms. The number of H-pyrrole nitrogens is 1. The number of aryl methyl sites for hydroxylation is 1.